The van der Waals surface area contributed by atoms with Crippen molar-refractivity contribution in [1.82, 2.24) is 4.98 Å². The van der Waals surface area contributed by atoms with Gasteiger partial charge in [-0.2, -0.15) is 12.9 Å². The second-order valence-electron chi connectivity index (χ2n) is 3.28. The van der Waals surface area contributed by atoms with Gasteiger partial charge in [-0.3, -0.25) is 9.78 Å². The summed E-state index contributed by atoms with van der Waals surface area (Å²) in [5.41, 5.74) is 0. The van der Waals surface area contributed by atoms with Gasteiger partial charge in [-0.1, -0.05) is 0 Å². The largest absolute Gasteiger partial charge is 0.610 e. The van der Waals surface area contributed by atoms with Gasteiger partial charge in [0.2, 0.25) is 0 Å². The zero-order chi connectivity index (χ0) is 13.1. The van der Waals surface area contributed by atoms with Gasteiger partial charge in [0, 0.05) is 12.4 Å². The molecule has 0 spiro atoms. The third kappa shape index (κ3) is 3.16. The number of carbonyl (C=O) groups is 2. The zero-order valence-electron chi connectivity index (χ0n) is 8.91. The highest BCUT2D eigenvalue weighted by atomic mass is 32.2. The highest BCUT2D eigenvalue weighted by Gasteiger charge is 2.28. The first kappa shape index (κ1) is 13.4. The van der Waals surface area contributed by atoms with Gasteiger partial charge in [0.1, 0.15) is 17.1 Å². The zero-order valence-corrected chi connectivity index (χ0v) is 9.73. The number of hydrogen-bond donors (Lipinski definition) is 1. The normalized spacial score (nSPS) is 13.1. The number of hydrogen-bond acceptors (Lipinski definition) is 6. The number of Topliss-reactive ketones (excluding diaryl/α,β-unsaturated/α-hetero) is 1. The average molecular weight is 258 g/mol. The Hall–Kier alpha value is -1.64. The van der Waals surface area contributed by atoms with E-state index in [0.29, 0.717) is 0 Å². The maximum Gasteiger partial charge on any atom is 0.334 e. The molecule has 1 amide bonds. The number of hydroxylamine groups is 1. The summed E-state index contributed by atoms with van der Waals surface area (Å²) < 4.78 is 21.7. The summed E-state index contributed by atoms with van der Waals surface area (Å²) in [6.45, 7) is 1.10. The van der Waals surface area contributed by atoms with Crippen molar-refractivity contribution in [2.45, 2.75) is 18.2 Å². The molecule has 0 aliphatic heterocycles. The van der Waals surface area contributed by atoms with E-state index >= 15 is 0 Å². The number of amides is 1. The summed E-state index contributed by atoms with van der Waals surface area (Å²) in [6.07, 6.45) is 1.67. The molecule has 1 aromatic heterocycles. The van der Waals surface area contributed by atoms with E-state index in [-0.39, 0.29) is 4.90 Å². The van der Waals surface area contributed by atoms with Crippen LogP contribution in [0.25, 0.3) is 0 Å². The third-order valence-corrected chi connectivity index (χ3v) is 3.45. The van der Waals surface area contributed by atoms with Crippen molar-refractivity contribution in [3.05, 3.63) is 29.7 Å². The minimum absolute atomic E-state index is 0.311. The maximum atomic E-state index is 11.6. The van der Waals surface area contributed by atoms with Crippen molar-refractivity contribution in [3.8, 4) is 0 Å². The molecule has 0 saturated heterocycles. The molecule has 1 N–H and O–H groups in total. The minimum Gasteiger partial charge on any atom is -0.610 e. The van der Waals surface area contributed by atoms with E-state index in [0.717, 1.165) is 19.1 Å². The average Bonchev–Trinajstić information content (AvgIpc) is 2.28. The molecule has 1 aromatic rings. The van der Waals surface area contributed by atoms with Gasteiger partial charge < -0.3 is 5.21 Å². The fourth-order valence-electron chi connectivity index (χ4n) is 1.07. The van der Waals surface area contributed by atoms with Crippen molar-refractivity contribution in [2.24, 2.45) is 0 Å². The Labute approximate surface area is 97.7 Å². The Kier molecular flexibility index (Phi) is 4.05. The quantitative estimate of drug-likeness (QED) is 0.529. The Morgan fingerprint density at radius 2 is 1.88 bits per heavy atom. The second-order valence-corrected chi connectivity index (χ2v) is 5.12. The van der Waals surface area contributed by atoms with Crippen LogP contribution in [0.5, 0.6) is 0 Å². The molecule has 1 rings (SSSR count). The summed E-state index contributed by atoms with van der Waals surface area (Å²) >= 11 is 0. The molecule has 0 saturated carbocycles. The molecule has 0 aliphatic rings. The third-order valence-electron chi connectivity index (χ3n) is 1.84. The number of pyridine rings is 1. The lowest BCUT2D eigenvalue weighted by Gasteiger charge is -2.18. The number of aromatic nitrogens is 1. The van der Waals surface area contributed by atoms with Crippen LogP contribution in [-0.2, 0) is 19.6 Å². The van der Waals surface area contributed by atoms with Crippen molar-refractivity contribution in [2.75, 3.05) is 0 Å². The second kappa shape index (κ2) is 5.13. The van der Waals surface area contributed by atoms with E-state index in [1.807, 2.05) is 0 Å². The summed E-state index contributed by atoms with van der Waals surface area (Å²) in [5.74, 6) is -1.79. The fourth-order valence-corrected chi connectivity index (χ4v) is 2.14. The lowest BCUT2D eigenvalue weighted by molar-refractivity contribution is -0.618. The standard InChI is InChI=1S/C9H10N2O5S/c1-7(12)6-9(13)11(14)17(15,16)8-2-4-10-5-3-8/h2-5,11H,6H2,1H3. The molecule has 0 radical (unpaired) electrons. The number of carbonyl (C=O) groups excluding carboxylic acids is 2. The molecule has 1 atom stereocenters. The Balaban J connectivity index is 3.00. The monoisotopic (exact) mass is 258 g/mol. The van der Waals surface area contributed by atoms with Gasteiger partial charge in [-0.15, -0.1) is 0 Å². The molecule has 0 fully saturated rings. The number of rotatable bonds is 4. The van der Waals surface area contributed by atoms with Gasteiger partial charge >= 0.3 is 15.9 Å². The van der Waals surface area contributed by atoms with Crippen LogP contribution in [0.15, 0.2) is 29.4 Å². The van der Waals surface area contributed by atoms with Crippen molar-refractivity contribution in [1.29, 1.82) is 0 Å². The fraction of sp³-hybridized carbons (Fsp3) is 0.222. The lowest BCUT2D eigenvalue weighted by atomic mass is 10.3. The first-order chi connectivity index (χ1) is 7.85. The number of nitrogens with one attached hydrogen (secondary N) is 1. The smallest absolute Gasteiger partial charge is 0.334 e. The summed E-state index contributed by atoms with van der Waals surface area (Å²) in [6, 6.07) is 2.21. The molecular formula is C9H10N2O5S. The summed E-state index contributed by atoms with van der Waals surface area (Å²) in [4.78, 5) is 25.1. The Morgan fingerprint density at radius 1 is 1.35 bits per heavy atom. The van der Waals surface area contributed by atoms with Gasteiger partial charge in [-0.25, -0.2) is 4.79 Å². The van der Waals surface area contributed by atoms with Crippen LogP contribution in [-0.4, -0.2) is 25.1 Å². The molecule has 0 aromatic carbocycles. The molecule has 7 nitrogen and oxygen atoms in total. The summed E-state index contributed by atoms with van der Waals surface area (Å²) in [5, 5.41) is 11.4. The van der Waals surface area contributed by atoms with Crippen LogP contribution in [0, 0.1) is 5.21 Å². The first-order valence-corrected chi connectivity index (χ1v) is 6.05. The maximum absolute atomic E-state index is 11.6. The van der Waals surface area contributed by atoms with Crippen LogP contribution in [0.4, 0.5) is 0 Å². The number of nitrogens with zero attached hydrogens (tertiary/aromatic N) is 1. The van der Waals surface area contributed by atoms with E-state index in [9.17, 15) is 23.2 Å². The van der Waals surface area contributed by atoms with Crippen LogP contribution in [0.1, 0.15) is 13.3 Å². The van der Waals surface area contributed by atoms with Crippen LogP contribution >= 0.6 is 0 Å². The highest BCUT2D eigenvalue weighted by molar-refractivity contribution is 7.85. The molecule has 0 aliphatic carbocycles. The Bertz CT molecular complexity index is 526. The summed E-state index contributed by atoms with van der Waals surface area (Å²) in [7, 11) is -4.36. The molecule has 17 heavy (non-hydrogen) atoms. The SMILES string of the molecule is CC(=O)CC(=O)[NH+]([O-])S(=O)(=O)c1ccncc1. The van der Waals surface area contributed by atoms with E-state index in [2.05, 4.69) is 4.98 Å². The predicted octanol–water partition coefficient (Wildman–Crippen LogP) is -1.34. The molecule has 92 valence electrons. The number of sulfonamides is 1. The van der Waals surface area contributed by atoms with Gasteiger partial charge in [-0.05, 0) is 19.1 Å². The molecule has 1 unspecified atom stereocenters. The van der Waals surface area contributed by atoms with Crippen LogP contribution in [0.2, 0.25) is 0 Å². The topological polar surface area (TPSA) is 109 Å². The lowest BCUT2D eigenvalue weighted by Crippen LogP contribution is -3.11. The number of quaternary nitrogens is 1. The molecule has 8 heteroatoms. The van der Waals surface area contributed by atoms with E-state index in [4.69, 9.17) is 0 Å². The van der Waals surface area contributed by atoms with E-state index in [1.54, 1.807) is 0 Å². The highest BCUT2D eigenvalue weighted by Crippen LogP contribution is 2.02. The van der Waals surface area contributed by atoms with E-state index < -0.39 is 32.6 Å². The van der Waals surface area contributed by atoms with Crippen LogP contribution in [0.3, 0.4) is 0 Å². The van der Waals surface area contributed by atoms with Crippen molar-refractivity contribution in [3.63, 3.8) is 0 Å². The molecular weight excluding hydrogens is 248 g/mol. The predicted molar refractivity (Wildman–Crippen MR) is 56.1 cm³/mol. The Morgan fingerprint density at radius 3 is 2.35 bits per heavy atom. The molecule has 1 heterocycles. The van der Waals surface area contributed by atoms with Gasteiger partial charge in [0.15, 0.2) is 0 Å². The van der Waals surface area contributed by atoms with Crippen molar-refractivity contribution >= 4 is 21.7 Å². The first-order valence-electron chi connectivity index (χ1n) is 4.57. The van der Waals surface area contributed by atoms with Gasteiger partial charge in [0.25, 0.3) is 0 Å². The number of ketones is 1. The van der Waals surface area contributed by atoms with Crippen LogP contribution < -0.4 is 4.47 Å². The molecule has 0 bridgehead atoms. The van der Waals surface area contributed by atoms with Crippen molar-refractivity contribution < 1.29 is 22.5 Å². The minimum atomic E-state index is -4.36. The van der Waals surface area contributed by atoms with Gasteiger partial charge in [0.05, 0.1) is 0 Å². The van der Waals surface area contributed by atoms with E-state index in [1.165, 1.54) is 12.4 Å².